The van der Waals surface area contributed by atoms with Gasteiger partial charge in [-0.25, -0.2) is 0 Å². The molecule has 0 saturated carbocycles. The lowest BCUT2D eigenvalue weighted by Crippen LogP contribution is -2.61. The van der Waals surface area contributed by atoms with E-state index in [1.165, 1.54) is 160 Å². The summed E-state index contributed by atoms with van der Waals surface area (Å²) in [4.78, 5) is 5.53. The van der Waals surface area contributed by atoms with Gasteiger partial charge in [-0.1, -0.05) is 296 Å². The second-order valence-corrected chi connectivity index (χ2v) is 38.6. The van der Waals surface area contributed by atoms with E-state index in [2.05, 4.69) is 425 Å². The van der Waals surface area contributed by atoms with E-state index >= 15 is 0 Å². The van der Waals surface area contributed by atoms with Crippen molar-refractivity contribution in [3.8, 4) is 55.9 Å². The maximum absolute atomic E-state index is 2.77. The van der Waals surface area contributed by atoms with Crippen LogP contribution in [0.5, 0.6) is 0 Å². The number of benzene rings is 13. The van der Waals surface area contributed by atoms with E-state index in [1.54, 1.807) is 0 Å². The van der Waals surface area contributed by atoms with Crippen LogP contribution in [0, 0.1) is 6.92 Å². The highest BCUT2D eigenvalue weighted by atomic mass is 15.2. The average molecular weight is 1450 g/mol. The second kappa shape index (κ2) is 26.1. The fourth-order valence-electron chi connectivity index (χ4n) is 17.7. The average Bonchev–Trinajstić information content (AvgIpc) is 0.822. The van der Waals surface area contributed by atoms with Crippen molar-refractivity contribution in [3.05, 3.63) is 305 Å². The summed E-state index contributed by atoms with van der Waals surface area (Å²) in [5, 5.41) is 5.08. The van der Waals surface area contributed by atoms with Gasteiger partial charge in [-0.05, 0) is 232 Å². The van der Waals surface area contributed by atoms with E-state index in [4.69, 9.17) is 0 Å². The molecule has 0 amide bonds. The zero-order chi connectivity index (χ0) is 78.1. The quantitative estimate of drug-likeness (QED) is 0.134. The normalized spacial score (nSPS) is 13.5. The van der Waals surface area contributed by atoms with E-state index in [9.17, 15) is 0 Å². The molecule has 4 heterocycles. The summed E-state index contributed by atoms with van der Waals surface area (Å²) in [5.74, 6) is 0.120. The fourth-order valence-corrected chi connectivity index (χ4v) is 17.7. The predicted molar refractivity (Wildman–Crippen MR) is 482 cm³/mol. The first-order valence-electron chi connectivity index (χ1n) is 40.4. The first kappa shape index (κ1) is 73.0. The lowest BCUT2D eigenvalue weighted by Gasteiger charge is -2.46. The molecule has 15 aromatic rings. The van der Waals surface area contributed by atoms with E-state index in [0.717, 1.165) is 34.1 Å². The van der Waals surface area contributed by atoms with Crippen LogP contribution in [-0.2, 0) is 32.5 Å². The summed E-state index contributed by atoms with van der Waals surface area (Å²) in [7, 11) is 0. The number of aromatic nitrogens is 2. The van der Waals surface area contributed by atoms with E-state index < -0.39 is 0 Å². The second-order valence-electron chi connectivity index (χ2n) is 38.6. The van der Waals surface area contributed by atoms with Gasteiger partial charge in [-0.3, -0.25) is 0 Å². The minimum Gasteiger partial charge on any atom is -0.310 e. The molecule has 0 unspecified atom stereocenters. The molecular weight excluding hydrogens is 1340 g/mol. The summed E-state index contributed by atoms with van der Waals surface area (Å²) in [6.45, 7) is 49.1. The Morgan fingerprint density at radius 1 is 0.270 bits per heavy atom. The predicted octanol–water partition coefficient (Wildman–Crippen LogP) is 27.8. The lowest BCUT2D eigenvalue weighted by molar-refractivity contribution is 0.590. The molecule has 13 aromatic carbocycles. The van der Waals surface area contributed by atoms with Crippen molar-refractivity contribution in [1.82, 2.24) is 9.13 Å². The first-order chi connectivity index (χ1) is 52.6. The van der Waals surface area contributed by atoms with Gasteiger partial charge >= 0.3 is 0 Å². The lowest BCUT2D eigenvalue weighted by atomic mass is 9.33. The van der Waals surface area contributed by atoms with Crippen LogP contribution in [0.4, 0.5) is 34.1 Å². The van der Waals surface area contributed by atoms with Crippen LogP contribution >= 0.6 is 0 Å². The monoisotopic (exact) mass is 1450 g/mol. The number of rotatable bonds is 9. The van der Waals surface area contributed by atoms with E-state index in [-0.39, 0.29) is 45.1 Å². The minimum atomic E-state index is -0.244. The van der Waals surface area contributed by atoms with Crippen LogP contribution in [-0.4, -0.2) is 15.8 Å². The van der Waals surface area contributed by atoms with Crippen LogP contribution in [0.1, 0.15) is 189 Å². The third-order valence-corrected chi connectivity index (χ3v) is 24.2. The van der Waals surface area contributed by atoms with Crippen LogP contribution < -0.4 is 26.2 Å². The van der Waals surface area contributed by atoms with Gasteiger partial charge in [0.25, 0.3) is 6.71 Å². The molecule has 0 atom stereocenters. The van der Waals surface area contributed by atoms with E-state index in [1.807, 2.05) is 0 Å². The molecule has 2 aromatic heterocycles. The zero-order valence-corrected chi connectivity index (χ0v) is 69.3. The molecule has 0 fully saturated rings. The smallest absolute Gasteiger partial charge is 0.252 e. The standard InChI is InChI=1S/C106H107BN4/c1-65(2)71-53-96-98-97(54-71)111(100-82(69-37-29-24-30-38-69)61-77(106(19,20)21)62-83(100)70-39-31-32-66(3)52-70)95-64-79(109-92-50-42-74(103(10,11)12)57-86(92)87-58-75(104(13,14)15)43-51-93(87)109)45-47-89(95)107(98)88-46-44-78(108-90-48-40-72(101(4,5)6)55-84(90)85-56-73(102(7,8)9)41-49-91(85)108)63-94(88)110(96)99-80(67-33-25-22-26-34-67)59-76(105(16,17)18)60-81(99)68-35-27-23-28-36-68/h22-65H,1-21H3. The van der Waals surface area contributed by atoms with Crippen LogP contribution in [0.25, 0.3) is 99.5 Å². The molecule has 17 rings (SSSR count). The molecule has 0 N–H and O–H groups in total. The molecule has 0 spiro atoms. The first-order valence-corrected chi connectivity index (χ1v) is 40.4. The van der Waals surface area contributed by atoms with Gasteiger partial charge in [0.15, 0.2) is 0 Å². The van der Waals surface area contributed by atoms with E-state index in [0.29, 0.717) is 0 Å². The summed E-state index contributed by atoms with van der Waals surface area (Å²) < 4.78 is 5.16. The molecule has 4 nitrogen and oxygen atoms in total. The van der Waals surface area contributed by atoms with Gasteiger partial charge in [0.05, 0.1) is 33.4 Å². The Morgan fingerprint density at radius 3 is 0.874 bits per heavy atom. The largest absolute Gasteiger partial charge is 0.310 e. The van der Waals surface area contributed by atoms with Crippen LogP contribution in [0.3, 0.4) is 0 Å². The molecule has 111 heavy (non-hydrogen) atoms. The van der Waals surface area contributed by atoms with Gasteiger partial charge in [0.1, 0.15) is 0 Å². The van der Waals surface area contributed by atoms with Crippen molar-refractivity contribution in [1.29, 1.82) is 0 Å². The van der Waals surface area contributed by atoms with Gasteiger partial charge < -0.3 is 18.9 Å². The van der Waals surface area contributed by atoms with Crippen molar-refractivity contribution in [3.63, 3.8) is 0 Å². The highest BCUT2D eigenvalue weighted by Gasteiger charge is 2.47. The van der Waals surface area contributed by atoms with Gasteiger partial charge in [0, 0.05) is 77.9 Å². The minimum absolute atomic E-state index is 0.0589. The van der Waals surface area contributed by atoms with Gasteiger partial charge in [-0.2, -0.15) is 0 Å². The van der Waals surface area contributed by atoms with Crippen molar-refractivity contribution in [2.75, 3.05) is 9.80 Å². The number of nitrogens with zero attached hydrogens (tertiary/aromatic N) is 4. The summed E-state index contributed by atoms with van der Waals surface area (Å²) in [5.41, 5.74) is 36.8. The van der Waals surface area contributed by atoms with Crippen molar-refractivity contribution >= 4 is 101 Å². The van der Waals surface area contributed by atoms with Crippen LogP contribution in [0.2, 0.25) is 0 Å². The summed E-state index contributed by atoms with van der Waals surface area (Å²) in [6.07, 6.45) is 0. The maximum Gasteiger partial charge on any atom is 0.252 e. The zero-order valence-electron chi connectivity index (χ0n) is 69.3. The fraction of sp³-hybridized carbons (Fsp3) is 0.264. The molecular formula is C106H107BN4. The topological polar surface area (TPSA) is 16.3 Å². The summed E-state index contributed by atoms with van der Waals surface area (Å²) in [6, 6.07) is 103. The number of anilines is 6. The van der Waals surface area contributed by atoms with Crippen LogP contribution in [0.15, 0.2) is 261 Å². The molecule has 5 heteroatoms. The Morgan fingerprint density at radius 2 is 0.577 bits per heavy atom. The van der Waals surface area contributed by atoms with Gasteiger partial charge in [0.2, 0.25) is 0 Å². The molecule has 2 aliphatic rings. The third kappa shape index (κ3) is 12.5. The highest BCUT2D eigenvalue weighted by Crippen LogP contribution is 2.56. The highest BCUT2D eigenvalue weighted by molar-refractivity contribution is 7.00. The molecule has 554 valence electrons. The van der Waals surface area contributed by atoms with Crippen molar-refractivity contribution in [2.45, 2.75) is 184 Å². The molecule has 0 bridgehead atoms. The Bertz CT molecular complexity index is 6030. The number of fused-ring (bicyclic) bond motifs is 10. The van der Waals surface area contributed by atoms with Crippen molar-refractivity contribution in [2.24, 2.45) is 0 Å². The molecule has 0 saturated heterocycles. The molecule has 0 aliphatic carbocycles. The summed E-state index contributed by atoms with van der Waals surface area (Å²) >= 11 is 0. The number of hydrogen-bond donors (Lipinski definition) is 0. The Kier molecular flexibility index (Phi) is 17.2. The Hall–Kier alpha value is -10.9. The third-order valence-electron chi connectivity index (χ3n) is 24.2. The number of hydrogen-bond acceptors (Lipinski definition) is 2. The number of aryl methyl sites for hydroxylation is 1. The van der Waals surface area contributed by atoms with Crippen molar-refractivity contribution < 1.29 is 0 Å². The Balaban J connectivity index is 1.06. The van der Waals surface area contributed by atoms with Gasteiger partial charge in [-0.15, -0.1) is 0 Å². The SMILES string of the molecule is Cc1cccc(-c2cc(C(C)(C)C)cc(-c3ccccc3)c2N2c3cc(-n4c5ccc(C(C)(C)C)cc5c5cc(C(C)(C)C)ccc54)ccc3B3c4ccc(-n5c6ccc(C(C)(C)C)cc6c6cc(C(C)(C)C)ccc65)cc4N(c4c(-c5ccccc5)cc(C(C)(C)C)cc4-c4ccccc4)c4cc(C(C)C)cc2c43)c1. The molecule has 2 aliphatic heterocycles. The molecule has 0 radical (unpaired) electrons. The Labute approximate surface area is 660 Å². The maximum atomic E-state index is 2.77.